The molecule has 13 heavy (non-hydrogen) atoms. The topological polar surface area (TPSA) is 66.8 Å². The summed E-state index contributed by atoms with van der Waals surface area (Å²) in [6.45, 7) is -0.633. The van der Waals surface area contributed by atoms with E-state index in [0.29, 0.717) is 5.75 Å². The van der Waals surface area contributed by atoms with Gasteiger partial charge < -0.3 is 14.9 Å². The molecule has 70 valence electrons. The molecule has 4 heteroatoms. The van der Waals surface area contributed by atoms with Crippen LogP contribution >= 0.6 is 0 Å². The second kappa shape index (κ2) is 4.59. The standard InChI is InChI=1S/C9H10O4/c10-6-8(11)9(12)13-7-4-2-1-3-5-7/h1-5,8,10-11H,6H2. The van der Waals surface area contributed by atoms with Gasteiger partial charge in [0.2, 0.25) is 0 Å². The lowest BCUT2D eigenvalue weighted by molar-refractivity contribution is -0.145. The summed E-state index contributed by atoms with van der Waals surface area (Å²) in [4.78, 5) is 10.9. The Balaban J connectivity index is 2.55. The summed E-state index contributed by atoms with van der Waals surface area (Å²) in [6.07, 6.45) is -1.47. The first-order valence-electron chi connectivity index (χ1n) is 3.79. The molecule has 4 nitrogen and oxygen atoms in total. The summed E-state index contributed by atoms with van der Waals surface area (Å²) < 4.78 is 4.72. The summed E-state index contributed by atoms with van der Waals surface area (Å²) in [5.74, 6) is -0.506. The SMILES string of the molecule is O=C(Oc1ccccc1)C(O)CO. The van der Waals surface area contributed by atoms with Crippen molar-refractivity contribution in [1.29, 1.82) is 0 Å². The first-order chi connectivity index (χ1) is 6.24. The third kappa shape index (κ3) is 2.85. The molecule has 0 fully saturated rings. The van der Waals surface area contributed by atoms with Gasteiger partial charge in [0, 0.05) is 0 Å². The number of esters is 1. The van der Waals surface area contributed by atoms with Crippen LogP contribution in [0.3, 0.4) is 0 Å². The molecule has 1 unspecified atom stereocenters. The Morgan fingerprint density at radius 1 is 1.38 bits per heavy atom. The van der Waals surface area contributed by atoms with E-state index in [1.54, 1.807) is 30.3 Å². The maximum absolute atomic E-state index is 10.9. The smallest absolute Gasteiger partial charge is 0.342 e. The molecule has 0 spiro atoms. The number of aliphatic hydroxyl groups excluding tert-OH is 2. The van der Waals surface area contributed by atoms with Gasteiger partial charge in [0.25, 0.3) is 0 Å². The monoisotopic (exact) mass is 182 g/mol. The Morgan fingerprint density at radius 3 is 2.54 bits per heavy atom. The molecule has 2 N–H and O–H groups in total. The number of rotatable bonds is 3. The van der Waals surface area contributed by atoms with Crippen LogP contribution in [0.2, 0.25) is 0 Å². The zero-order chi connectivity index (χ0) is 9.68. The summed E-state index contributed by atoms with van der Waals surface area (Å²) in [5.41, 5.74) is 0. The fourth-order valence-corrected chi connectivity index (χ4v) is 0.747. The molecule has 0 amide bonds. The van der Waals surface area contributed by atoms with Gasteiger partial charge in [-0.1, -0.05) is 18.2 Å². The molecule has 1 atom stereocenters. The minimum Gasteiger partial charge on any atom is -0.425 e. The van der Waals surface area contributed by atoms with Crippen LogP contribution in [0.4, 0.5) is 0 Å². The zero-order valence-electron chi connectivity index (χ0n) is 6.88. The predicted molar refractivity (Wildman–Crippen MR) is 45.2 cm³/mol. The Bertz CT molecular complexity index is 270. The second-order valence-electron chi connectivity index (χ2n) is 2.43. The Labute approximate surface area is 75.4 Å². The van der Waals surface area contributed by atoms with Crippen molar-refractivity contribution in [2.75, 3.05) is 6.61 Å². The maximum Gasteiger partial charge on any atom is 0.342 e. The van der Waals surface area contributed by atoms with Gasteiger partial charge in [-0.15, -0.1) is 0 Å². The van der Waals surface area contributed by atoms with Crippen molar-refractivity contribution < 1.29 is 19.7 Å². The molecule has 0 bridgehead atoms. The number of carbonyl (C=O) groups is 1. The van der Waals surface area contributed by atoms with Gasteiger partial charge in [-0.3, -0.25) is 0 Å². The van der Waals surface area contributed by atoms with Gasteiger partial charge in [0.15, 0.2) is 6.10 Å². The minimum atomic E-state index is -1.47. The largest absolute Gasteiger partial charge is 0.425 e. The normalized spacial score (nSPS) is 12.2. The molecule has 0 aromatic heterocycles. The first kappa shape index (κ1) is 9.70. The van der Waals surface area contributed by atoms with Crippen molar-refractivity contribution in [3.8, 4) is 5.75 Å². The molecule has 0 aliphatic heterocycles. The molecule has 1 aromatic rings. The number of carbonyl (C=O) groups excluding carboxylic acids is 1. The number of para-hydroxylation sites is 1. The van der Waals surface area contributed by atoms with Crippen LogP contribution in [0.25, 0.3) is 0 Å². The van der Waals surface area contributed by atoms with Crippen LogP contribution in [-0.2, 0) is 4.79 Å². The molecule has 0 aliphatic carbocycles. The van der Waals surface area contributed by atoms with E-state index in [2.05, 4.69) is 0 Å². The van der Waals surface area contributed by atoms with E-state index in [9.17, 15) is 4.79 Å². The third-order valence-corrected chi connectivity index (χ3v) is 1.41. The lowest BCUT2D eigenvalue weighted by Crippen LogP contribution is -2.28. The van der Waals surface area contributed by atoms with Crippen molar-refractivity contribution in [2.45, 2.75) is 6.10 Å². The fourth-order valence-electron chi connectivity index (χ4n) is 0.747. The van der Waals surface area contributed by atoms with Crippen molar-refractivity contribution >= 4 is 5.97 Å². The van der Waals surface area contributed by atoms with Gasteiger partial charge in [0.1, 0.15) is 5.75 Å². The first-order valence-corrected chi connectivity index (χ1v) is 3.79. The molecule has 1 rings (SSSR count). The lowest BCUT2D eigenvalue weighted by atomic mass is 10.3. The van der Waals surface area contributed by atoms with E-state index in [1.165, 1.54) is 0 Å². The molecule has 0 aliphatic rings. The number of hydrogen-bond acceptors (Lipinski definition) is 4. The predicted octanol–water partition coefficient (Wildman–Crippen LogP) is -0.0548. The molecular formula is C9H10O4. The minimum absolute atomic E-state index is 0.347. The van der Waals surface area contributed by atoms with Crippen LogP contribution < -0.4 is 4.74 Å². The molecule has 0 radical (unpaired) electrons. The van der Waals surface area contributed by atoms with Crippen LogP contribution in [0.1, 0.15) is 0 Å². The Kier molecular flexibility index (Phi) is 3.42. The van der Waals surface area contributed by atoms with Gasteiger partial charge >= 0.3 is 5.97 Å². The molecule has 1 aromatic carbocycles. The second-order valence-corrected chi connectivity index (χ2v) is 2.43. The zero-order valence-corrected chi connectivity index (χ0v) is 6.88. The molecule has 0 heterocycles. The summed E-state index contributed by atoms with van der Waals surface area (Å²) in [6, 6.07) is 8.35. The van der Waals surface area contributed by atoms with Crippen LogP contribution in [0.5, 0.6) is 5.75 Å². The number of hydrogen-bond donors (Lipinski definition) is 2. The number of ether oxygens (including phenoxy) is 1. The van der Waals surface area contributed by atoms with Crippen molar-refractivity contribution in [2.24, 2.45) is 0 Å². The van der Waals surface area contributed by atoms with Gasteiger partial charge in [0.05, 0.1) is 6.61 Å². The third-order valence-electron chi connectivity index (χ3n) is 1.41. The van der Waals surface area contributed by atoms with Crippen molar-refractivity contribution in [3.63, 3.8) is 0 Å². The summed E-state index contributed by atoms with van der Waals surface area (Å²) in [5, 5.41) is 17.3. The quantitative estimate of drug-likeness (QED) is 0.508. The average Bonchev–Trinajstić information content (AvgIpc) is 2.18. The average molecular weight is 182 g/mol. The van der Waals surface area contributed by atoms with Crippen LogP contribution in [-0.4, -0.2) is 28.9 Å². The van der Waals surface area contributed by atoms with E-state index in [1.807, 2.05) is 0 Å². The number of aliphatic hydroxyl groups is 2. The highest BCUT2D eigenvalue weighted by Crippen LogP contribution is 2.08. The van der Waals surface area contributed by atoms with E-state index in [0.717, 1.165) is 0 Å². The summed E-state index contributed by atoms with van der Waals surface area (Å²) in [7, 11) is 0. The maximum atomic E-state index is 10.9. The number of benzene rings is 1. The van der Waals surface area contributed by atoms with E-state index in [-0.39, 0.29) is 0 Å². The van der Waals surface area contributed by atoms with Gasteiger partial charge in [-0.05, 0) is 12.1 Å². The van der Waals surface area contributed by atoms with Gasteiger partial charge in [-0.2, -0.15) is 0 Å². The molecular weight excluding hydrogens is 172 g/mol. The highest BCUT2D eigenvalue weighted by molar-refractivity contribution is 5.76. The Hall–Kier alpha value is -1.39. The van der Waals surface area contributed by atoms with E-state index in [4.69, 9.17) is 14.9 Å². The highest BCUT2D eigenvalue weighted by Gasteiger charge is 2.15. The van der Waals surface area contributed by atoms with Crippen LogP contribution in [0.15, 0.2) is 30.3 Å². The Morgan fingerprint density at radius 2 is 2.00 bits per heavy atom. The van der Waals surface area contributed by atoms with Crippen molar-refractivity contribution in [1.82, 2.24) is 0 Å². The van der Waals surface area contributed by atoms with E-state index < -0.39 is 18.7 Å². The van der Waals surface area contributed by atoms with Crippen LogP contribution in [0, 0.1) is 0 Å². The highest BCUT2D eigenvalue weighted by atomic mass is 16.6. The molecule has 0 saturated heterocycles. The lowest BCUT2D eigenvalue weighted by Gasteiger charge is -2.06. The fraction of sp³-hybridized carbons (Fsp3) is 0.222. The van der Waals surface area contributed by atoms with E-state index >= 15 is 0 Å². The van der Waals surface area contributed by atoms with Crippen molar-refractivity contribution in [3.05, 3.63) is 30.3 Å². The van der Waals surface area contributed by atoms with Gasteiger partial charge in [-0.25, -0.2) is 4.79 Å². The summed E-state index contributed by atoms with van der Waals surface area (Å²) >= 11 is 0. The molecule has 0 saturated carbocycles.